The Morgan fingerprint density at radius 3 is 2.63 bits per heavy atom. The number of hydrogen-bond acceptors (Lipinski definition) is 7. The van der Waals surface area contributed by atoms with Crippen LogP contribution in [0.15, 0.2) is 28.8 Å². The van der Waals surface area contributed by atoms with E-state index < -0.39 is 0 Å². The molecule has 7 nitrogen and oxygen atoms in total. The predicted molar refractivity (Wildman–Crippen MR) is 103 cm³/mol. The summed E-state index contributed by atoms with van der Waals surface area (Å²) in [4.78, 5) is 32.6. The topological polar surface area (TPSA) is 98.0 Å². The lowest BCUT2D eigenvalue weighted by atomic mass is 10.2. The number of nitrogens with zero attached hydrogens (tertiary/aromatic N) is 3. The van der Waals surface area contributed by atoms with Crippen molar-refractivity contribution in [3.8, 4) is 11.4 Å². The van der Waals surface area contributed by atoms with Crippen molar-refractivity contribution in [3.05, 3.63) is 45.7 Å². The monoisotopic (exact) mass is 404 g/mol. The summed E-state index contributed by atoms with van der Waals surface area (Å²) in [5, 5.41) is 7.73. The van der Waals surface area contributed by atoms with Crippen molar-refractivity contribution in [1.82, 2.24) is 15.1 Å². The second kappa shape index (κ2) is 8.41. The zero-order valence-corrected chi connectivity index (χ0v) is 16.4. The molecule has 1 amide bonds. The van der Waals surface area contributed by atoms with Crippen molar-refractivity contribution >= 4 is 39.8 Å². The molecule has 0 aliphatic rings. The second-order valence-corrected chi connectivity index (χ2v) is 7.35. The number of rotatable bonds is 7. The second-order valence-electron chi connectivity index (χ2n) is 5.91. The lowest BCUT2D eigenvalue weighted by Crippen LogP contribution is -2.11. The molecular weight excluding hydrogens is 388 g/mol. The molecule has 3 aromatic rings. The van der Waals surface area contributed by atoms with Crippen molar-refractivity contribution in [2.24, 2.45) is 0 Å². The van der Waals surface area contributed by atoms with E-state index in [1.54, 1.807) is 19.1 Å². The molecule has 140 valence electrons. The van der Waals surface area contributed by atoms with Gasteiger partial charge in [-0.1, -0.05) is 28.1 Å². The molecule has 3 rings (SSSR count). The summed E-state index contributed by atoms with van der Waals surface area (Å²) in [7, 11) is 0. The molecular formula is C18H17ClN4O3S. The Bertz CT molecular complexity index is 965. The zero-order chi connectivity index (χ0) is 19.4. The normalized spacial score (nSPS) is 10.8. The van der Waals surface area contributed by atoms with Gasteiger partial charge in [0.1, 0.15) is 0 Å². The quantitative estimate of drug-likeness (QED) is 0.589. The molecule has 2 heterocycles. The Morgan fingerprint density at radius 1 is 1.22 bits per heavy atom. The van der Waals surface area contributed by atoms with Crippen molar-refractivity contribution in [1.29, 1.82) is 0 Å². The standard InChI is InChI=1S/C18H17ClN4O3S/c1-10-16(11(2)24)27-18(20-10)21-14(25)4-3-5-15-22-17(23-26-15)12-6-8-13(19)9-7-12/h6-9H,3-5H2,1-2H3,(H,20,21,25). The van der Waals surface area contributed by atoms with Crippen LogP contribution in [0.5, 0.6) is 0 Å². The summed E-state index contributed by atoms with van der Waals surface area (Å²) >= 11 is 7.05. The summed E-state index contributed by atoms with van der Waals surface area (Å²) in [6, 6.07) is 7.15. The minimum Gasteiger partial charge on any atom is -0.339 e. The number of halogens is 1. The van der Waals surface area contributed by atoms with Crippen molar-refractivity contribution < 1.29 is 14.1 Å². The van der Waals surface area contributed by atoms with E-state index in [0.717, 1.165) is 5.56 Å². The number of aromatic nitrogens is 3. The van der Waals surface area contributed by atoms with E-state index in [4.69, 9.17) is 16.1 Å². The number of thiazole rings is 1. The van der Waals surface area contributed by atoms with E-state index >= 15 is 0 Å². The molecule has 0 spiro atoms. The van der Waals surface area contributed by atoms with E-state index in [2.05, 4.69) is 20.4 Å². The number of Topliss-reactive ketones (excluding diaryl/α,β-unsaturated/α-hetero) is 1. The minimum atomic E-state index is -0.170. The van der Waals surface area contributed by atoms with E-state index in [1.165, 1.54) is 18.3 Å². The zero-order valence-electron chi connectivity index (χ0n) is 14.8. The van der Waals surface area contributed by atoms with E-state index in [1.807, 2.05) is 12.1 Å². The number of amides is 1. The lowest BCUT2D eigenvalue weighted by Gasteiger charge is -1.99. The van der Waals surface area contributed by atoms with E-state index in [0.29, 0.717) is 45.3 Å². The first kappa shape index (κ1) is 19.2. The number of ketones is 1. The predicted octanol–water partition coefficient (Wildman–Crippen LogP) is 4.32. The average molecular weight is 405 g/mol. The smallest absolute Gasteiger partial charge is 0.226 e. The van der Waals surface area contributed by atoms with Gasteiger partial charge in [0, 0.05) is 30.4 Å². The fraction of sp³-hybridized carbons (Fsp3) is 0.278. The molecule has 0 radical (unpaired) electrons. The number of benzene rings is 1. The number of carbonyl (C=O) groups excluding carboxylic acids is 2. The van der Waals surface area contributed by atoms with Gasteiger partial charge in [-0.3, -0.25) is 9.59 Å². The van der Waals surface area contributed by atoms with Crippen molar-refractivity contribution in [3.63, 3.8) is 0 Å². The van der Waals surface area contributed by atoms with Crippen LogP contribution in [-0.4, -0.2) is 26.8 Å². The maximum absolute atomic E-state index is 12.0. The van der Waals surface area contributed by atoms with E-state index in [9.17, 15) is 9.59 Å². The third-order valence-corrected chi connectivity index (χ3v) is 5.15. The average Bonchev–Trinajstić information content (AvgIpc) is 3.22. The summed E-state index contributed by atoms with van der Waals surface area (Å²) < 4.78 is 5.22. The fourth-order valence-electron chi connectivity index (χ4n) is 2.43. The van der Waals surface area contributed by atoms with Gasteiger partial charge < -0.3 is 9.84 Å². The van der Waals surface area contributed by atoms with Gasteiger partial charge in [-0.05, 0) is 37.6 Å². The van der Waals surface area contributed by atoms with Gasteiger partial charge in [-0.2, -0.15) is 4.98 Å². The molecule has 0 unspecified atom stereocenters. The number of anilines is 1. The molecule has 27 heavy (non-hydrogen) atoms. The largest absolute Gasteiger partial charge is 0.339 e. The molecule has 9 heteroatoms. The van der Waals surface area contributed by atoms with Crippen LogP contribution in [0, 0.1) is 6.92 Å². The number of carbonyl (C=O) groups is 2. The Morgan fingerprint density at radius 2 is 1.96 bits per heavy atom. The highest BCUT2D eigenvalue weighted by Gasteiger charge is 2.14. The third-order valence-electron chi connectivity index (χ3n) is 3.73. The first-order valence-electron chi connectivity index (χ1n) is 8.29. The third kappa shape index (κ3) is 4.99. The molecule has 1 aromatic carbocycles. The van der Waals surface area contributed by atoms with Crippen LogP contribution in [0.4, 0.5) is 5.13 Å². The summed E-state index contributed by atoms with van der Waals surface area (Å²) in [6.45, 7) is 3.23. The molecule has 0 fully saturated rings. The van der Waals surface area contributed by atoms with Gasteiger partial charge in [0.25, 0.3) is 0 Å². The minimum absolute atomic E-state index is 0.0571. The van der Waals surface area contributed by atoms with Gasteiger partial charge >= 0.3 is 0 Å². The lowest BCUT2D eigenvalue weighted by molar-refractivity contribution is -0.116. The summed E-state index contributed by atoms with van der Waals surface area (Å²) in [5.74, 6) is 0.729. The maximum atomic E-state index is 12.0. The SMILES string of the molecule is CC(=O)c1sc(NC(=O)CCCc2nc(-c3ccc(Cl)cc3)no2)nc1C. The Balaban J connectivity index is 1.50. The van der Waals surface area contributed by atoms with Gasteiger partial charge in [0.2, 0.25) is 17.6 Å². The highest BCUT2D eigenvalue weighted by molar-refractivity contribution is 7.17. The molecule has 1 N–H and O–H groups in total. The van der Waals surface area contributed by atoms with Gasteiger partial charge in [0.15, 0.2) is 10.9 Å². The molecule has 0 saturated carbocycles. The fourth-order valence-corrected chi connectivity index (χ4v) is 3.43. The Labute approximate surface area is 164 Å². The summed E-state index contributed by atoms with van der Waals surface area (Å²) in [6.07, 6.45) is 1.33. The number of nitrogens with one attached hydrogen (secondary N) is 1. The molecule has 0 aliphatic heterocycles. The Kier molecular flexibility index (Phi) is 5.98. The van der Waals surface area contributed by atoms with Crippen LogP contribution < -0.4 is 5.32 Å². The van der Waals surface area contributed by atoms with Crippen LogP contribution in [-0.2, 0) is 11.2 Å². The summed E-state index contributed by atoms with van der Waals surface area (Å²) in [5.41, 5.74) is 1.44. The molecule has 0 bridgehead atoms. The van der Waals surface area contributed by atoms with Gasteiger partial charge in [-0.25, -0.2) is 4.98 Å². The molecule has 2 aromatic heterocycles. The van der Waals surface area contributed by atoms with Gasteiger partial charge in [-0.15, -0.1) is 0 Å². The van der Waals surface area contributed by atoms with Crippen LogP contribution >= 0.6 is 22.9 Å². The van der Waals surface area contributed by atoms with Crippen molar-refractivity contribution in [2.75, 3.05) is 5.32 Å². The van der Waals surface area contributed by atoms with Crippen molar-refractivity contribution in [2.45, 2.75) is 33.1 Å². The maximum Gasteiger partial charge on any atom is 0.226 e. The first-order valence-corrected chi connectivity index (χ1v) is 9.48. The highest BCUT2D eigenvalue weighted by Crippen LogP contribution is 2.23. The highest BCUT2D eigenvalue weighted by atomic mass is 35.5. The number of aryl methyl sites for hydroxylation is 2. The molecule has 0 saturated heterocycles. The van der Waals surface area contributed by atoms with Crippen LogP contribution in [0.25, 0.3) is 11.4 Å². The number of hydrogen-bond donors (Lipinski definition) is 1. The first-order chi connectivity index (χ1) is 12.9. The molecule has 0 aliphatic carbocycles. The van der Waals surface area contributed by atoms with Crippen LogP contribution in [0.3, 0.4) is 0 Å². The Hall–Kier alpha value is -2.58. The van der Waals surface area contributed by atoms with Gasteiger partial charge in [0.05, 0.1) is 10.6 Å². The van der Waals surface area contributed by atoms with Crippen LogP contribution in [0.2, 0.25) is 5.02 Å². The molecule has 0 atom stereocenters. The van der Waals surface area contributed by atoms with E-state index in [-0.39, 0.29) is 18.1 Å². The van der Waals surface area contributed by atoms with Crippen LogP contribution in [0.1, 0.15) is 41.0 Å².